The van der Waals surface area contributed by atoms with Crippen LogP contribution in [-0.2, 0) is 9.53 Å². The Bertz CT molecular complexity index is 106. The van der Waals surface area contributed by atoms with E-state index in [1.807, 2.05) is 0 Å². The van der Waals surface area contributed by atoms with Gasteiger partial charge in [-0.2, -0.15) is 25.3 Å². The molecule has 9 heavy (non-hydrogen) atoms. The molecule has 0 spiro atoms. The smallest absolute Gasteiger partial charge is 0.307 e. The number of hydrogen-bond acceptors (Lipinski definition) is 4. The Morgan fingerprint density at radius 3 is 2.22 bits per heavy atom. The molecule has 0 bridgehead atoms. The van der Waals surface area contributed by atoms with Gasteiger partial charge < -0.3 is 4.74 Å². The summed E-state index contributed by atoms with van der Waals surface area (Å²) in [6.07, 6.45) is 0.218. The van der Waals surface area contributed by atoms with Gasteiger partial charge in [-0.15, -0.1) is 0 Å². The van der Waals surface area contributed by atoms with E-state index in [-0.39, 0.29) is 12.4 Å². The highest BCUT2D eigenvalue weighted by Gasteiger charge is 2.17. The predicted octanol–water partition coefficient (Wildman–Crippen LogP) is 1.13. The number of rotatable bonds is 2. The van der Waals surface area contributed by atoms with Crippen LogP contribution in [0.3, 0.4) is 0 Å². The van der Waals surface area contributed by atoms with Crippen LogP contribution in [0.25, 0.3) is 0 Å². The van der Waals surface area contributed by atoms with Crippen LogP contribution < -0.4 is 0 Å². The zero-order valence-electron chi connectivity index (χ0n) is 5.42. The first-order valence-electron chi connectivity index (χ1n) is 2.47. The summed E-state index contributed by atoms with van der Waals surface area (Å²) < 4.78 is 3.83. The fraction of sp³-hybridized carbons (Fsp3) is 0.800. The lowest BCUT2D eigenvalue weighted by atomic mass is 10.3. The molecular formula is C5H10O2S2. The largest absolute Gasteiger partial charge is 0.469 e. The number of carbonyl (C=O) groups excluding carboxylic acids is 1. The molecule has 0 aromatic rings. The third-order valence-corrected chi connectivity index (χ3v) is 1.02. The van der Waals surface area contributed by atoms with Gasteiger partial charge in [0.15, 0.2) is 0 Å². The van der Waals surface area contributed by atoms with Crippen molar-refractivity contribution in [1.29, 1.82) is 0 Å². The van der Waals surface area contributed by atoms with Gasteiger partial charge in [0.05, 0.1) is 17.6 Å². The minimum absolute atomic E-state index is 0.218. The van der Waals surface area contributed by atoms with E-state index in [0.29, 0.717) is 0 Å². The van der Waals surface area contributed by atoms with Gasteiger partial charge >= 0.3 is 5.97 Å². The molecule has 0 N–H and O–H groups in total. The van der Waals surface area contributed by atoms with Gasteiger partial charge in [-0.05, 0) is 6.92 Å². The van der Waals surface area contributed by atoms with Crippen molar-refractivity contribution in [3.05, 3.63) is 0 Å². The third-order valence-electron chi connectivity index (χ3n) is 0.707. The van der Waals surface area contributed by atoms with Crippen LogP contribution in [0.2, 0.25) is 0 Å². The maximum atomic E-state index is 10.5. The highest BCUT2D eigenvalue weighted by Crippen LogP contribution is 2.22. The van der Waals surface area contributed by atoms with E-state index in [1.54, 1.807) is 6.92 Å². The lowest BCUT2D eigenvalue weighted by Crippen LogP contribution is -2.15. The maximum absolute atomic E-state index is 10.5. The summed E-state index contributed by atoms with van der Waals surface area (Å²) in [6, 6.07) is 0. The summed E-state index contributed by atoms with van der Waals surface area (Å²) in [4.78, 5) is 10.5. The number of thiol groups is 2. The number of methoxy groups -OCH3 is 1. The Balaban J connectivity index is 3.60. The van der Waals surface area contributed by atoms with Crippen LogP contribution in [0.15, 0.2) is 0 Å². The fourth-order valence-electron chi connectivity index (χ4n) is 0.346. The summed E-state index contributed by atoms with van der Waals surface area (Å²) in [6.45, 7) is 1.73. The summed E-state index contributed by atoms with van der Waals surface area (Å²) in [5.74, 6) is -0.289. The normalized spacial score (nSPS) is 11.1. The Kier molecular flexibility index (Phi) is 3.43. The monoisotopic (exact) mass is 166 g/mol. The second kappa shape index (κ2) is 3.37. The number of hydrogen-bond donors (Lipinski definition) is 2. The van der Waals surface area contributed by atoms with Crippen molar-refractivity contribution >= 4 is 31.2 Å². The van der Waals surface area contributed by atoms with Gasteiger partial charge in [-0.1, -0.05) is 0 Å². The van der Waals surface area contributed by atoms with Gasteiger partial charge in [-0.25, -0.2) is 0 Å². The van der Waals surface area contributed by atoms with E-state index in [1.165, 1.54) is 7.11 Å². The minimum Gasteiger partial charge on any atom is -0.469 e. The van der Waals surface area contributed by atoms with Crippen LogP contribution in [0.5, 0.6) is 0 Å². The van der Waals surface area contributed by atoms with Crippen molar-refractivity contribution in [1.82, 2.24) is 0 Å². The molecule has 4 heteroatoms. The van der Waals surface area contributed by atoms with E-state index < -0.39 is 4.08 Å². The second-order valence-electron chi connectivity index (χ2n) is 1.97. The van der Waals surface area contributed by atoms with E-state index in [0.717, 1.165) is 0 Å². The molecule has 0 aliphatic carbocycles. The van der Waals surface area contributed by atoms with Crippen LogP contribution in [0.4, 0.5) is 0 Å². The Hall–Kier alpha value is 0.170. The van der Waals surface area contributed by atoms with E-state index in [4.69, 9.17) is 0 Å². The molecule has 0 saturated heterocycles. The Morgan fingerprint density at radius 1 is 1.67 bits per heavy atom. The minimum atomic E-state index is -0.562. The molecule has 0 fully saturated rings. The number of carbonyl (C=O) groups is 1. The van der Waals surface area contributed by atoms with Gasteiger partial charge in [0.1, 0.15) is 0 Å². The molecule has 0 aliphatic heterocycles. The highest BCUT2D eigenvalue weighted by atomic mass is 32.2. The van der Waals surface area contributed by atoms with Crippen molar-refractivity contribution in [2.24, 2.45) is 0 Å². The quantitative estimate of drug-likeness (QED) is 0.365. The zero-order chi connectivity index (χ0) is 7.49. The molecule has 54 valence electrons. The molecule has 0 rings (SSSR count). The third kappa shape index (κ3) is 6.05. The predicted molar refractivity (Wildman–Crippen MR) is 43.0 cm³/mol. The zero-order valence-corrected chi connectivity index (χ0v) is 7.21. The number of esters is 1. The van der Waals surface area contributed by atoms with E-state index in [2.05, 4.69) is 30.0 Å². The highest BCUT2D eigenvalue weighted by molar-refractivity contribution is 8.00. The average molecular weight is 166 g/mol. The molecule has 0 amide bonds. The molecule has 0 saturated carbocycles. The van der Waals surface area contributed by atoms with Crippen LogP contribution in [0, 0.1) is 0 Å². The first-order chi connectivity index (χ1) is 3.95. The van der Waals surface area contributed by atoms with E-state index in [9.17, 15) is 4.79 Å². The molecule has 0 atom stereocenters. The average Bonchev–Trinajstić information content (AvgIpc) is 1.62. The Labute approximate surface area is 65.8 Å². The molecule has 0 unspecified atom stereocenters. The van der Waals surface area contributed by atoms with Crippen molar-refractivity contribution < 1.29 is 9.53 Å². The second-order valence-corrected chi connectivity index (χ2v) is 4.30. The summed E-state index contributed by atoms with van der Waals surface area (Å²) in [5, 5.41) is 0. The molecule has 0 aromatic heterocycles. The van der Waals surface area contributed by atoms with Crippen molar-refractivity contribution in [2.45, 2.75) is 17.4 Å². The molecule has 0 aliphatic rings. The molecule has 0 heterocycles. The summed E-state index contributed by atoms with van der Waals surface area (Å²) >= 11 is 8.02. The van der Waals surface area contributed by atoms with Crippen molar-refractivity contribution in [3.8, 4) is 0 Å². The molecular weight excluding hydrogens is 156 g/mol. The fourth-order valence-corrected chi connectivity index (χ4v) is 0.604. The van der Waals surface area contributed by atoms with Gasteiger partial charge in [0.2, 0.25) is 0 Å². The van der Waals surface area contributed by atoms with Crippen LogP contribution in [0.1, 0.15) is 13.3 Å². The van der Waals surface area contributed by atoms with Crippen molar-refractivity contribution in [3.63, 3.8) is 0 Å². The lowest BCUT2D eigenvalue weighted by Gasteiger charge is -2.12. The standard InChI is InChI=1S/C5H10O2S2/c1-5(8,9)3-4(6)7-2/h8-9H,3H2,1-2H3. The van der Waals surface area contributed by atoms with Crippen LogP contribution in [-0.4, -0.2) is 17.2 Å². The first-order valence-corrected chi connectivity index (χ1v) is 3.37. The first kappa shape index (κ1) is 9.17. The van der Waals surface area contributed by atoms with Crippen molar-refractivity contribution in [2.75, 3.05) is 7.11 Å². The SMILES string of the molecule is COC(=O)CC(C)(S)S. The maximum Gasteiger partial charge on any atom is 0.307 e. The molecule has 0 aromatic carbocycles. The lowest BCUT2D eigenvalue weighted by molar-refractivity contribution is -0.140. The van der Waals surface area contributed by atoms with E-state index >= 15 is 0 Å². The van der Waals surface area contributed by atoms with Gasteiger partial charge in [0.25, 0.3) is 0 Å². The Morgan fingerprint density at radius 2 is 2.11 bits per heavy atom. The number of ether oxygens (including phenoxy) is 1. The molecule has 2 nitrogen and oxygen atoms in total. The topological polar surface area (TPSA) is 26.3 Å². The summed E-state index contributed by atoms with van der Waals surface area (Å²) in [5.41, 5.74) is 0. The van der Waals surface area contributed by atoms with Gasteiger partial charge in [-0.3, -0.25) is 4.79 Å². The summed E-state index contributed by atoms with van der Waals surface area (Å²) in [7, 11) is 1.34. The van der Waals surface area contributed by atoms with Gasteiger partial charge in [0, 0.05) is 0 Å². The van der Waals surface area contributed by atoms with Crippen LogP contribution >= 0.6 is 25.3 Å². The molecule has 0 radical (unpaired) electrons.